The van der Waals surface area contributed by atoms with Crippen LogP contribution >= 0.6 is 0 Å². The standard InChI is InChI=1S/C17H24N4O4/c1-18-17(24)19-16(23)15(13-6-4-3-5-7-13)20(2)12-14(22)21-8-10-25-11-9-21/h3-7,15H,8-12H2,1-2H3,(H2,18,19,23,24)/p+1/t15-/m1/s1. The number of ether oxygens (including phenoxy) is 1. The van der Waals surface area contributed by atoms with Crippen LogP contribution in [0.15, 0.2) is 30.3 Å². The van der Waals surface area contributed by atoms with E-state index in [-0.39, 0.29) is 12.5 Å². The molecule has 25 heavy (non-hydrogen) atoms. The summed E-state index contributed by atoms with van der Waals surface area (Å²) in [6, 6.07) is 7.90. The number of hydrogen-bond donors (Lipinski definition) is 3. The van der Waals surface area contributed by atoms with Gasteiger partial charge in [0, 0.05) is 25.7 Å². The van der Waals surface area contributed by atoms with E-state index in [0.717, 1.165) is 5.56 Å². The molecule has 1 aliphatic rings. The van der Waals surface area contributed by atoms with Crippen LogP contribution in [0.3, 0.4) is 0 Å². The monoisotopic (exact) mass is 349 g/mol. The van der Waals surface area contributed by atoms with E-state index in [9.17, 15) is 14.4 Å². The molecule has 0 radical (unpaired) electrons. The minimum Gasteiger partial charge on any atom is -0.378 e. The molecule has 1 aromatic rings. The normalized spacial score (nSPS) is 16.6. The van der Waals surface area contributed by atoms with Crippen molar-refractivity contribution in [1.29, 1.82) is 0 Å². The van der Waals surface area contributed by atoms with Crippen molar-refractivity contribution in [3.8, 4) is 0 Å². The van der Waals surface area contributed by atoms with E-state index in [1.54, 1.807) is 11.9 Å². The van der Waals surface area contributed by atoms with Gasteiger partial charge in [0.25, 0.3) is 11.8 Å². The van der Waals surface area contributed by atoms with E-state index in [2.05, 4.69) is 10.6 Å². The van der Waals surface area contributed by atoms with Crippen LogP contribution in [-0.2, 0) is 14.3 Å². The highest BCUT2D eigenvalue weighted by molar-refractivity contribution is 5.96. The zero-order chi connectivity index (χ0) is 18.2. The first kappa shape index (κ1) is 18.9. The summed E-state index contributed by atoms with van der Waals surface area (Å²) in [5, 5.41) is 4.67. The summed E-state index contributed by atoms with van der Waals surface area (Å²) in [7, 11) is 3.22. The smallest absolute Gasteiger partial charge is 0.321 e. The zero-order valence-electron chi connectivity index (χ0n) is 14.6. The number of amides is 4. The van der Waals surface area contributed by atoms with E-state index in [1.165, 1.54) is 7.05 Å². The Hall–Kier alpha value is -2.45. The van der Waals surface area contributed by atoms with Gasteiger partial charge in [-0.25, -0.2) is 4.79 Å². The molecule has 1 unspecified atom stereocenters. The third-order valence-electron chi connectivity index (χ3n) is 4.15. The summed E-state index contributed by atoms with van der Waals surface area (Å²) in [5.74, 6) is -0.479. The largest absolute Gasteiger partial charge is 0.378 e. The summed E-state index contributed by atoms with van der Waals surface area (Å²) in [6.07, 6.45) is 0. The fraction of sp³-hybridized carbons (Fsp3) is 0.471. The van der Waals surface area contributed by atoms with Crippen molar-refractivity contribution in [2.75, 3.05) is 46.9 Å². The highest BCUT2D eigenvalue weighted by Crippen LogP contribution is 2.09. The molecule has 3 N–H and O–H groups in total. The van der Waals surface area contributed by atoms with Gasteiger partial charge in [-0.05, 0) is 0 Å². The molecule has 2 atom stereocenters. The molecule has 0 saturated carbocycles. The Bertz CT molecular complexity index is 602. The molecule has 136 valence electrons. The number of benzene rings is 1. The fourth-order valence-electron chi connectivity index (χ4n) is 2.82. The van der Waals surface area contributed by atoms with Crippen molar-refractivity contribution >= 4 is 17.8 Å². The number of urea groups is 1. The molecule has 0 spiro atoms. The number of imide groups is 1. The number of hydrogen-bond acceptors (Lipinski definition) is 4. The van der Waals surface area contributed by atoms with Gasteiger partial charge < -0.3 is 19.9 Å². The van der Waals surface area contributed by atoms with Crippen LogP contribution in [0.2, 0.25) is 0 Å². The molecular weight excluding hydrogens is 324 g/mol. The number of rotatable bonds is 5. The van der Waals surface area contributed by atoms with E-state index in [0.29, 0.717) is 31.2 Å². The molecule has 8 nitrogen and oxygen atoms in total. The van der Waals surface area contributed by atoms with Crippen LogP contribution in [0.4, 0.5) is 4.79 Å². The molecule has 0 bridgehead atoms. The Balaban J connectivity index is 2.11. The van der Waals surface area contributed by atoms with Crippen molar-refractivity contribution in [3.05, 3.63) is 35.9 Å². The first-order valence-electron chi connectivity index (χ1n) is 8.28. The topological polar surface area (TPSA) is 92.2 Å². The van der Waals surface area contributed by atoms with Gasteiger partial charge >= 0.3 is 6.03 Å². The van der Waals surface area contributed by atoms with Gasteiger partial charge in [-0.2, -0.15) is 0 Å². The average Bonchev–Trinajstić information content (AvgIpc) is 2.63. The van der Waals surface area contributed by atoms with Gasteiger partial charge in [-0.3, -0.25) is 14.9 Å². The number of nitrogens with zero attached hydrogens (tertiary/aromatic N) is 1. The Morgan fingerprint density at radius 1 is 1.20 bits per heavy atom. The van der Waals surface area contributed by atoms with E-state index in [1.807, 2.05) is 30.3 Å². The summed E-state index contributed by atoms with van der Waals surface area (Å²) in [5.41, 5.74) is 0.746. The minimum absolute atomic E-state index is 0.0329. The second-order valence-electron chi connectivity index (χ2n) is 5.93. The first-order valence-corrected chi connectivity index (χ1v) is 8.28. The Morgan fingerprint density at radius 3 is 2.44 bits per heavy atom. The maximum atomic E-state index is 12.6. The molecular formula is C17H25N4O4+. The second kappa shape index (κ2) is 9.14. The van der Waals surface area contributed by atoms with Gasteiger partial charge in [0.05, 0.1) is 20.3 Å². The highest BCUT2D eigenvalue weighted by atomic mass is 16.5. The first-order chi connectivity index (χ1) is 12.0. The highest BCUT2D eigenvalue weighted by Gasteiger charge is 2.32. The number of morpholine rings is 1. The van der Waals surface area contributed by atoms with Crippen molar-refractivity contribution in [2.45, 2.75) is 6.04 Å². The predicted molar refractivity (Wildman–Crippen MR) is 90.9 cm³/mol. The van der Waals surface area contributed by atoms with Crippen LogP contribution in [0.25, 0.3) is 0 Å². The maximum Gasteiger partial charge on any atom is 0.321 e. The molecule has 0 aromatic heterocycles. The molecule has 1 aliphatic heterocycles. The van der Waals surface area contributed by atoms with E-state index >= 15 is 0 Å². The Kier molecular flexibility index (Phi) is 6.91. The van der Waals surface area contributed by atoms with Crippen LogP contribution in [0.1, 0.15) is 11.6 Å². The van der Waals surface area contributed by atoms with Crippen LogP contribution in [0, 0.1) is 0 Å². The SMILES string of the molecule is CNC(=O)NC(=O)[C@@H](c1ccccc1)[NH+](C)CC(=O)N1CCOCC1. The van der Waals surface area contributed by atoms with E-state index < -0.39 is 18.0 Å². The summed E-state index contributed by atoms with van der Waals surface area (Å²) in [6.45, 7) is 2.34. The number of likely N-dealkylation sites (N-methyl/N-ethyl adjacent to an activating group) is 1. The fourth-order valence-corrected chi connectivity index (χ4v) is 2.82. The summed E-state index contributed by atoms with van der Waals surface area (Å²) >= 11 is 0. The Morgan fingerprint density at radius 2 is 1.84 bits per heavy atom. The van der Waals surface area contributed by atoms with Crippen LogP contribution in [0.5, 0.6) is 0 Å². The maximum absolute atomic E-state index is 12.6. The lowest BCUT2D eigenvalue weighted by atomic mass is 10.0. The lowest BCUT2D eigenvalue weighted by Gasteiger charge is -2.29. The summed E-state index contributed by atoms with van der Waals surface area (Å²) < 4.78 is 5.26. The van der Waals surface area contributed by atoms with Crippen LogP contribution < -0.4 is 15.5 Å². The lowest BCUT2D eigenvalue weighted by Crippen LogP contribution is -3.11. The molecule has 8 heteroatoms. The quantitative estimate of drug-likeness (QED) is 0.607. The molecule has 1 fully saturated rings. The van der Waals surface area contributed by atoms with Crippen molar-refractivity contribution in [1.82, 2.24) is 15.5 Å². The van der Waals surface area contributed by atoms with Crippen molar-refractivity contribution in [2.24, 2.45) is 0 Å². The van der Waals surface area contributed by atoms with Gasteiger partial charge in [-0.1, -0.05) is 30.3 Å². The third kappa shape index (κ3) is 5.27. The lowest BCUT2D eigenvalue weighted by molar-refractivity contribution is -0.894. The molecule has 0 aliphatic carbocycles. The van der Waals surface area contributed by atoms with Crippen molar-refractivity contribution in [3.63, 3.8) is 0 Å². The minimum atomic E-state index is -0.663. The van der Waals surface area contributed by atoms with Gasteiger partial charge in [0.15, 0.2) is 12.6 Å². The molecule has 1 saturated heterocycles. The number of nitrogens with one attached hydrogen (secondary N) is 3. The number of carbonyl (C=O) groups excluding carboxylic acids is 3. The van der Waals surface area contributed by atoms with E-state index in [4.69, 9.17) is 4.74 Å². The van der Waals surface area contributed by atoms with Gasteiger partial charge in [0.2, 0.25) is 0 Å². The van der Waals surface area contributed by atoms with Crippen molar-refractivity contribution < 1.29 is 24.0 Å². The number of quaternary nitrogens is 1. The number of carbonyl (C=O) groups is 3. The Labute approximate surface area is 147 Å². The molecule has 1 aromatic carbocycles. The predicted octanol–water partition coefficient (Wildman–Crippen LogP) is -1.44. The van der Waals surface area contributed by atoms with Gasteiger partial charge in [0.1, 0.15) is 0 Å². The summed E-state index contributed by atoms with van der Waals surface area (Å²) in [4.78, 5) is 39.0. The molecule has 4 amide bonds. The molecule has 1 heterocycles. The van der Waals surface area contributed by atoms with Gasteiger partial charge in [-0.15, -0.1) is 0 Å². The molecule has 2 rings (SSSR count). The third-order valence-corrected chi connectivity index (χ3v) is 4.15. The van der Waals surface area contributed by atoms with Crippen LogP contribution in [-0.4, -0.2) is 69.7 Å². The average molecular weight is 349 g/mol. The second-order valence-corrected chi connectivity index (χ2v) is 5.93. The zero-order valence-corrected chi connectivity index (χ0v) is 14.6.